The van der Waals surface area contributed by atoms with E-state index in [1.807, 2.05) is 0 Å². The molecule has 0 saturated carbocycles. The zero-order valence-corrected chi connectivity index (χ0v) is 39.3. The summed E-state index contributed by atoms with van der Waals surface area (Å²) in [6.07, 6.45) is 0.878. The van der Waals surface area contributed by atoms with Crippen LogP contribution in [-0.4, -0.2) is 154 Å². The quantitative estimate of drug-likeness (QED) is 0.0499. The van der Waals surface area contributed by atoms with Gasteiger partial charge in [0, 0.05) is 77.0 Å². The highest BCUT2D eigenvalue weighted by molar-refractivity contribution is 5.75. The van der Waals surface area contributed by atoms with Gasteiger partial charge in [0.05, 0.1) is 42.7 Å². The number of esters is 12. The molecule has 0 heterocycles. The molecule has 0 N–H and O–H groups in total. The Morgan fingerprint density at radius 3 is 0.552 bits per heavy atom. The Kier molecular flexibility index (Phi) is 37.4. The van der Waals surface area contributed by atoms with Gasteiger partial charge in [-0.2, -0.15) is 0 Å². The molecule has 0 aliphatic rings. The minimum Gasteiger partial charge on any atom is -0.469 e. The lowest BCUT2D eigenvalue weighted by Gasteiger charge is -2.31. The molecule has 24 nitrogen and oxygen atoms in total. The van der Waals surface area contributed by atoms with E-state index in [1.165, 1.54) is 42.7 Å². The Morgan fingerprint density at radius 1 is 0.239 bits per heavy atom. The molecule has 0 radical (unpaired) electrons. The van der Waals surface area contributed by atoms with Crippen LogP contribution in [0.15, 0.2) is 0 Å². The maximum Gasteiger partial charge on any atom is 0.305 e. The largest absolute Gasteiger partial charge is 0.469 e. The molecule has 24 heteroatoms. The van der Waals surface area contributed by atoms with Crippen molar-refractivity contribution < 1.29 is 114 Å². The molecule has 0 aromatic carbocycles. The van der Waals surface area contributed by atoms with Crippen LogP contribution < -0.4 is 0 Å². The molecule has 0 aromatic rings. The maximum absolute atomic E-state index is 12.4. The van der Waals surface area contributed by atoms with E-state index < -0.39 is 91.5 Å². The van der Waals surface area contributed by atoms with Crippen LogP contribution in [0.2, 0.25) is 0 Å². The van der Waals surface area contributed by atoms with E-state index in [0.717, 1.165) is 0 Å². The standard InChI is InChI=1S/C29H44O16.C14H22O8/c1-38-21(30)9-5-13-25(34)42-17-29(18-43-26(35)14-6-10-22(31)39-2,19-44-27(36)15-7-11-23(32)40-3)20-45-28(37)16-8-12-24(33)41-4;1-19-11(15)5-3-7-13(17)21-9-10-22-14(18)8-4-6-12(16)20-2/h5-20H2,1-4H3;3-10H2,1-2H3. The Hall–Kier alpha value is -6.36. The molecule has 0 saturated heterocycles. The van der Waals surface area contributed by atoms with E-state index in [9.17, 15) is 57.5 Å². The second-order valence-corrected chi connectivity index (χ2v) is 14.2. The second kappa shape index (κ2) is 40.0. The third-order valence-corrected chi connectivity index (χ3v) is 8.70. The molecule has 382 valence electrons. The molecule has 0 amide bonds. The first-order valence-electron chi connectivity index (χ1n) is 21.2. The summed E-state index contributed by atoms with van der Waals surface area (Å²) in [6, 6.07) is 0. The van der Waals surface area contributed by atoms with Crippen molar-refractivity contribution in [2.45, 2.75) is 116 Å². The highest BCUT2D eigenvalue weighted by atomic mass is 16.6. The van der Waals surface area contributed by atoms with Gasteiger partial charge in [0.25, 0.3) is 0 Å². The highest BCUT2D eigenvalue weighted by Gasteiger charge is 2.38. The average Bonchev–Trinajstić information content (AvgIpc) is 3.31. The summed E-state index contributed by atoms with van der Waals surface area (Å²) in [5, 5.41) is 0. The Morgan fingerprint density at radius 2 is 0.388 bits per heavy atom. The zero-order valence-electron chi connectivity index (χ0n) is 39.3. The first-order chi connectivity index (χ1) is 31.9. The molecule has 0 rings (SSSR count). The lowest BCUT2D eigenvalue weighted by atomic mass is 9.92. The van der Waals surface area contributed by atoms with Crippen LogP contribution in [-0.2, 0) is 114 Å². The average molecular weight is 967 g/mol. The van der Waals surface area contributed by atoms with Gasteiger partial charge in [0.15, 0.2) is 0 Å². The summed E-state index contributed by atoms with van der Waals surface area (Å²) in [5.74, 6) is -6.71. The van der Waals surface area contributed by atoms with Gasteiger partial charge in [0.1, 0.15) is 45.1 Å². The molecule has 0 bridgehead atoms. The van der Waals surface area contributed by atoms with Crippen molar-refractivity contribution in [3.05, 3.63) is 0 Å². The topological polar surface area (TPSA) is 316 Å². The van der Waals surface area contributed by atoms with Gasteiger partial charge >= 0.3 is 71.6 Å². The fourth-order valence-corrected chi connectivity index (χ4v) is 4.80. The van der Waals surface area contributed by atoms with Gasteiger partial charge in [-0.25, -0.2) is 0 Å². The second-order valence-electron chi connectivity index (χ2n) is 14.2. The van der Waals surface area contributed by atoms with Crippen molar-refractivity contribution in [2.24, 2.45) is 5.41 Å². The Balaban J connectivity index is 0. The fraction of sp³-hybridized carbons (Fsp3) is 0.721. The third-order valence-electron chi connectivity index (χ3n) is 8.70. The summed E-state index contributed by atoms with van der Waals surface area (Å²) in [4.78, 5) is 139. The van der Waals surface area contributed by atoms with E-state index in [4.69, 9.17) is 28.4 Å². The number of hydrogen-bond donors (Lipinski definition) is 0. The molecule has 0 aliphatic heterocycles. The summed E-state index contributed by atoms with van der Waals surface area (Å²) in [7, 11) is 7.39. The number of methoxy groups -OCH3 is 6. The van der Waals surface area contributed by atoms with Gasteiger partial charge < -0.3 is 56.8 Å². The van der Waals surface area contributed by atoms with E-state index in [-0.39, 0.29) is 128 Å². The van der Waals surface area contributed by atoms with Crippen molar-refractivity contribution in [3.63, 3.8) is 0 Å². The minimum atomic E-state index is -1.56. The summed E-state index contributed by atoms with van der Waals surface area (Å²) in [6.45, 7) is -2.18. The SMILES string of the molecule is COC(=O)CCCC(=O)OCC(COC(=O)CCCC(=O)OC)(COC(=O)CCCC(=O)OC)COC(=O)CCCC(=O)OC.COC(=O)CCCC(=O)OCCOC(=O)CCCC(=O)OC. The number of ether oxygens (including phenoxy) is 12. The van der Waals surface area contributed by atoms with Crippen LogP contribution in [0.1, 0.15) is 116 Å². The van der Waals surface area contributed by atoms with Crippen molar-refractivity contribution >= 4 is 71.6 Å². The number of carbonyl (C=O) groups excluding carboxylic acids is 12. The van der Waals surface area contributed by atoms with Crippen LogP contribution in [0, 0.1) is 5.41 Å². The maximum atomic E-state index is 12.4. The van der Waals surface area contributed by atoms with E-state index in [0.29, 0.717) is 12.8 Å². The summed E-state index contributed by atoms with van der Waals surface area (Å²) >= 11 is 0. The number of carbonyl (C=O) groups is 12. The molecule has 0 aliphatic carbocycles. The minimum absolute atomic E-state index is 0.0354. The molecule has 0 fully saturated rings. The molecule has 0 spiro atoms. The molecule has 0 unspecified atom stereocenters. The Bertz CT molecular complexity index is 1380. The predicted octanol–water partition coefficient (Wildman–Crippen LogP) is 2.28. The van der Waals surface area contributed by atoms with Gasteiger partial charge in [-0.1, -0.05) is 0 Å². The number of hydrogen-bond acceptors (Lipinski definition) is 24. The van der Waals surface area contributed by atoms with Crippen LogP contribution in [0.25, 0.3) is 0 Å². The normalized spacial score (nSPS) is 10.3. The first-order valence-corrected chi connectivity index (χ1v) is 21.2. The third kappa shape index (κ3) is 37.6. The molecule has 0 aromatic heterocycles. The first kappa shape index (κ1) is 62.7. The van der Waals surface area contributed by atoms with Crippen LogP contribution in [0.3, 0.4) is 0 Å². The lowest BCUT2D eigenvalue weighted by Crippen LogP contribution is -2.44. The summed E-state index contributed by atoms with van der Waals surface area (Å²) in [5.41, 5.74) is -1.56. The zero-order chi connectivity index (χ0) is 50.9. The van der Waals surface area contributed by atoms with Crippen LogP contribution in [0.5, 0.6) is 0 Å². The van der Waals surface area contributed by atoms with Gasteiger partial charge in [-0.05, 0) is 38.5 Å². The van der Waals surface area contributed by atoms with Crippen molar-refractivity contribution in [3.8, 4) is 0 Å². The smallest absolute Gasteiger partial charge is 0.305 e. The van der Waals surface area contributed by atoms with E-state index in [2.05, 4.69) is 28.4 Å². The number of rotatable bonds is 35. The predicted molar refractivity (Wildman–Crippen MR) is 223 cm³/mol. The van der Waals surface area contributed by atoms with Crippen molar-refractivity contribution in [1.29, 1.82) is 0 Å². The fourth-order valence-electron chi connectivity index (χ4n) is 4.80. The van der Waals surface area contributed by atoms with E-state index >= 15 is 0 Å². The van der Waals surface area contributed by atoms with Crippen LogP contribution >= 0.6 is 0 Å². The molecular formula is C43H66O24. The molecular weight excluding hydrogens is 900 g/mol. The monoisotopic (exact) mass is 966 g/mol. The highest BCUT2D eigenvalue weighted by Crippen LogP contribution is 2.23. The molecule has 67 heavy (non-hydrogen) atoms. The van der Waals surface area contributed by atoms with E-state index in [1.54, 1.807) is 0 Å². The van der Waals surface area contributed by atoms with Gasteiger partial charge in [-0.3, -0.25) is 57.5 Å². The van der Waals surface area contributed by atoms with Gasteiger partial charge in [-0.15, -0.1) is 0 Å². The Labute approximate surface area is 388 Å². The van der Waals surface area contributed by atoms with Crippen LogP contribution in [0.4, 0.5) is 0 Å². The lowest BCUT2D eigenvalue weighted by molar-refractivity contribution is -0.171. The van der Waals surface area contributed by atoms with Crippen molar-refractivity contribution in [2.75, 3.05) is 82.3 Å². The van der Waals surface area contributed by atoms with Crippen molar-refractivity contribution in [1.82, 2.24) is 0 Å². The molecule has 0 atom stereocenters. The van der Waals surface area contributed by atoms with Gasteiger partial charge in [0.2, 0.25) is 0 Å². The summed E-state index contributed by atoms with van der Waals surface area (Å²) < 4.78 is 58.1.